The molecule has 3 heteroatoms. The van der Waals surface area contributed by atoms with E-state index in [4.69, 9.17) is 0 Å². The first-order valence-corrected chi connectivity index (χ1v) is 9.82. The van der Waals surface area contributed by atoms with E-state index in [2.05, 4.69) is 12.2 Å². The Kier molecular flexibility index (Phi) is 3.13. The van der Waals surface area contributed by atoms with Gasteiger partial charge in [0.2, 0.25) is 0 Å². The fraction of sp³-hybridized carbons (Fsp3) is 0.850. The molecule has 2 bridgehead atoms. The Morgan fingerprint density at radius 2 is 2.04 bits per heavy atom. The van der Waals surface area contributed by atoms with Crippen LogP contribution in [0.25, 0.3) is 0 Å². The van der Waals surface area contributed by atoms with Crippen molar-refractivity contribution in [2.24, 2.45) is 29.6 Å². The summed E-state index contributed by atoms with van der Waals surface area (Å²) in [5.41, 5.74) is 0.461. The quantitative estimate of drug-likeness (QED) is 0.723. The highest BCUT2D eigenvalue weighted by Crippen LogP contribution is 2.62. The van der Waals surface area contributed by atoms with Gasteiger partial charge in [-0.25, -0.2) is 0 Å². The van der Waals surface area contributed by atoms with E-state index in [9.17, 15) is 9.90 Å². The summed E-state index contributed by atoms with van der Waals surface area (Å²) in [4.78, 5) is 12.7. The largest absolute Gasteiger partial charge is 0.385 e. The number of aliphatic hydroxyl groups is 1. The predicted molar refractivity (Wildman–Crippen MR) is 88.8 cm³/mol. The van der Waals surface area contributed by atoms with Crippen molar-refractivity contribution in [3.8, 4) is 0 Å². The summed E-state index contributed by atoms with van der Waals surface area (Å²) in [6, 6.07) is 1.02. The molecule has 5 rings (SSSR count). The summed E-state index contributed by atoms with van der Waals surface area (Å²) in [5.74, 6) is 2.51. The van der Waals surface area contributed by atoms with E-state index in [0.29, 0.717) is 41.5 Å². The van der Waals surface area contributed by atoms with Crippen LogP contribution < -0.4 is 5.32 Å². The van der Waals surface area contributed by atoms with Crippen LogP contribution in [0.15, 0.2) is 11.6 Å². The third-order valence-corrected chi connectivity index (χ3v) is 7.95. The van der Waals surface area contributed by atoms with Crippen molar-refractivity contribution in [3.05, 3.63) is 11.6 Å². The molecular weight excluding hydrogens is 286 g/mol. The third kappa shape index (κ3) is 1.93. The van der Waals surface area contributed by atoms with Gasteiger partial charge in [0, 0.05) is 23.9 Å². The minimum absolute atomic E-state index is 0.259. The van der Waals surface area contributed by atoms with Crippen molar-refractivity contribution >= 4 is 5.78 Å². The van der Waals surface area contributed by atoms with Crippen LogP contribution in [0.5, 0.6) is 0 Å². The van der Waals surface area contributed by atoms with E-state index >= 15 is 0 Å². The lowest BCUT2D eigenvalue weighted by Crippen LogP contribution is -2.57. The summed E-state index contributed by atoms with van der Waals surface area (Å²) in [5, 5.41) is 15.4. The molecule has 1 heterocycles. The van der Waals surface area contributed by atoms with Crippen molar-refractivity contribution in [1.29, 1.82) is 0 Å². The average Bonchev–Trinajstić information content (AvgIpc) is 2.76. The second kappa shape index (κ2) is 4.92. The second-order valence-corrected chi connectivity index (χ2v) is 9.06. The maximum absolute atomic E-state index is 12.7. The van der Waals surface area contributed by atoms with Gasteiger partial charge in [-0.3, -0.25) is 4.79 Å². The maximum atomic E-state index is 12.7. The molecule has 1 unspecified atom stereocenters. The van der Waals surface area contributed by atoms with E-state index < -0.39 is 5.60 Å². The molecule has 126 valence electrons. The number of fused-ring (bicyclic) bond motifs is 9. The minimum atomic E-state index is -0.691. The topological polar surface area (TPSA) is 49.3 Å². The van der Waals surface area contributed by atoms with Gasteiger partial charge in [0.1, 0.15) is 0 Å². The van der Waals surface area contributed by atoms with Crippen LogP contribution in [0.3, 0.4) is 0 Å². The maximum Gasteiger partial charge on any atom is 0.159 e. The summed E-state index contributed by atoms with van der Waals surface area (Å²) in [6.07, 6.45) is 11.0. The molecule has 0 aromatic carbocycles. The third-order valence-electron chi connectivity index (χ3n) is 7.95. The van der Waals surface area contributed by atoms with Crippen LogP contribution in [-0.4, -0.2) is 28.6 Å². The Labute approximate surface area is 138 Å². The number of hydrogen-bond acceptors (Lipinski definition) is 3. The first kappa shape index (κ1) is 14.7. The molecule has 1 saturated heterocycles. The Morgan fingerprint density at radius 1 is 1.22 bits per heavy atom. The lowest BCUT2D eigenvalue weighted by Gasteiger charge is -2.47. The SMILES string of the molecule is C[C@@H]1CC[C@H]2C(C[C@@H]3C[C@@]2(O)C2=CC(=O)[C@H]4CCCC[C@@H]4[C@H]23)N1. The second-order valence-electron chi connectivity index (χ2n) is 9.06. The molecule has 0 radical (unpaired) electrons. The van der Waals surface area contributed by atoms with Crippen molar-refractivity contribution < 1.29 is 9.90 Å². The van der Waals surface area contributed by atoms with Gasteiger partial charge < -0.3 is 10.4 Å². The molecule has 1 aliphatic heterocycles. The highest BCUT2D eigenvalue weighted by Gasteiger charge is 2.62. The van der Waals surface area contributed by atoms with Gasteiger partial charge in [-0.2, -0.15) is 0 Å². The van der Waals surface area contributed by atoms with Gasteiger partial charge in [0.15, 0.2) is 5.78 Å². The summed E-state index contributed by atoms with van der Waals surface area (Å²) >= 11 is 0. The van der Waals surface area contributed by atoms with E-state index in [0.717, 1.165) is 31.3 Å². The van der Waals surface area contributed by atoms with Gasteiger partial charge in [-0.05, 0) is 74.9 Å². The van der Waals surface area contributed by atoms with Crippen molar-refractivity contribution in [2.75, 3.05) is 0 Å². The molecule has 0 aromatic rings. The summed E-state index contributed by atoms with van der Waals surface area (Å²) in [6.45, 7) is 2.27. The summed E-state index contributed by atoms with van der Waals surface area (Å²) < 4.78 is 0. The van der Waals surface area contributed by atoms with Gasteiger partial charge in [-0.1, -0.05) is 12.8 Å². The smallest absolute Gasteiger partial charge is 0.159 e. The van der Waals surface area contributed by atoms with E-state index in [-0.39, 0.29) is 5.92 Å². The van der Waals surface area contributed by atoms with Crippen LogP contribution in [0.1, 0.15) is 58.3 Å². The molecule has 3 saturated carbocycles. The van der Waals surface area contributed by atoms with E-state index in [1.807, 2.05) is 6.08 Å². The number of rotatable bonds is 0. The van der Waals surface area contributed by atoms with E-state index in [1.54, 1.807) is 0 Å². The number of piperidine rings is 1. The van der Waals surface area contributed by atoms with Crippen LogP contribution >= 0.6 is 0 Å². The Morgan fingerprint density at radius 3 is 2.91 bits per heavy atom. The normalized spacial score (nSPS) is 54.8. The highest BCUT2D eigenvalue weighted by molar-refractivity contribution is 5.94. The number of hydrogen-bond donors (Lipinski definition) is 2. The number of ketones is 1. The zero-order valence-corrected chi connectivity index (χ0v) is 14.1. The molecule has 3 nitrogen and oxygen atoms in total. The number of carbonyl (C=O) groups is 1. The van der Waals surface area contributed by atoms with Crippen molar-refractivity contribution in [2.45, 2.75) is 76.0 Å². The first-order chi connectivity index (χ1) is 11.1. The lowest BCUT2D eigenvalue weighted by atomic mass is 9.63. The van der Waals surface area contributed by atoms with Gasteiger partial charge in [0.25, 0.3) is 0 Å². The Balaban J connectivity index is 1.57. The fourth-order valence-corrected chi connectivity index (χ4v) is 7.11. The van der Waals surface area contributed by atoms with Crippen LogP contribution in [0, 0.1) is 29.6 Å². The molecule has 0 aromatic heterocycles. The molecule has 5 aliphatic rings. The van der Waals surface area contributed by atoms with Crippen LogP contribution in [-0.2, 0) is 4.79 Å². The van der Waals surface area contributed by atoms with Gasteiger partial charge in [-0.15, -0.1) is 0 Å². The van der Waals surface area contributed by atoms with Crippen LogP contribution in [0.4, 0.5) is 0 Å². The predicted octanol–water partition coefficient (Wildman–Crippen LogP) is 2.83. The van der Waals surface area contributed by atoms with Gasteiger partial charge >= 0.3 is 0 Å². The molecule has 8 atom stereocenters. The minimum Gasteiger partial charge on any atom is -0.385 e. The van der Waals surface area contributed by atoms with Crippen molar-refractivity contribution in [3.63, 3.8) is 0 Å². The highest BCUT2D eigenvalue weighted by atomic mass is 16.3. The van der Waals surface area contributed by atoms with E-state index in [1.165, 1.54) is 25.7 Å². The number of allylic oxidation sites excluding steroid dienone is 1. The Bertz CT molecular complexity index is 570. The Hall–Kier alpha value is -0.670. The molecule has 0 amide bonds. The lowest BCUT2D eigenvalue weighted by molar-refractivity contribution is -0.122. The average molecular weight is 315 g/mol. The van der Waals surface area contributed by atoms with Gasteiger partial charge in [0.05, 0.1) is 5.60 Å². The first-order valence-electron chi connectivity index (χ1n) is 9.82. The van der Waals surface area contributed by atoms with Crippen molar-refractivity contribution in [1.82, 2.24) is 5.32 Å². The molecule has 0 spiro atoms. The zero-order chi connectivity index (χ0) is 15.8. The molecule has 4 aliphatic carbocycles. The standard InChI is InChI=1S/C20H29NO2/c1-11-6-7-15-17(21-11)8-12-10-20(15,23)16-9-18(22)13-4-2-3-5-14(13)19(12)16/h9,11-15,17,19,21,23H,2-8,10H2,1H3/t11-,12-,13+,14+,15+,17?,19-,20+/m1/s1. The summed E-state index contributed by atoms with van der Waals surface area (Å²) in [7, 11) is 0. The zero-order valence-electron chi connectivity index (χ0n) is 14.1. The molecule has 23 heavy (non-hydrogen) atoms. The monoisotopic (exact) mass is 315 g/mol. The molecule has 2 N–H and O–H groups in total. The van der Waals surface area contributed by atoms with Crippen LogP contribution in [0.2, 0.25) is 0 Å². The fourth-order valence-electron chi connectivity index (χ4n) is 7.11. The molecular formula is C20H29NO2. The number of carbonyl (C=O) groups excluding carboxylic acids is 1. The molecule has 4 fully saturated rings. The number of nitrogens with one attached hydrogen (secondary N) is 1.